The van der Waals surface area contributed by atoms with Crippen molar-refractivity contribution in [2.75, 3.05) is 13.2 Å². The minimum atomic E-state index is -0.665. The Labute approximate surface area is 170 Å². The molecule has 1 aliphatic heterocycles. The molecular formula is C20H17N3O5S. The largest absolute Gasteiger partial charge is 0.507 e. The van der Waals surface area contributed by atoms with E-state index in [1.165, 1.54) is 12.1 Å². The van der Waals surface area contributed by atoms with Crippen molar-refractivity contribution in [1.82, 2.24) is 4.90 Å². The Balaban J connectivity index is 1.81. The minimum Gasteiger partial charge on any atom is -0.507 e. The molecule has 0 spiro atoms. The van der Waals surface area contributed by atoms with Crippen LogP contribution in [0, 0.1) is 0 Å². The van der Waals surface area contributed by atoms with Crippen LogP contribution in [0.15, 0.2) is 63.7 Å². The number of phenols is 1. The van der Waals surface area contributed by atoms with Crippen molar-refractivity contribution in [3.63, 3.8) is 0 Å². The number of nitrogens with zero attached hydrogens (tertiary/aromatic N) is 3. The fourth-order valence-corrected chi connectivity index (χ4v) is 3.27. The van der Waals surface area contributed by atoms with E-state index in [4.69, 9.17) is 4.74 Å². The summed E-state index contributed by atoms with van der Waals surface area (Å²) in [5.74, 6) is -1.37. The van der Waals surface area contributed by atoms with Gasteiger partial charge in [0.1, 0.15) is 12.3 Å². The number of azo groups is 1. The second-order valence-electron chi connectivity index (χ2n) is 5.85. The summed E-state index contributed by atoms with van der Waals surface area (Å²) in [6, 6.07) is 13.7. The van der Waals surface area contributed by atoms with Gasteiger partial charge in [-0.25, -0.2) is 0 Å². The van der Waals surface area contributed by atoms with Crippen molar-refractivity contribution < 1.29 is 24.2 Å². The Morgan fingerprint density at radius 3 is 2.59 bits per heavy atom. The predicted molar refractivity (Wildman–Crippen MR) is 108 cm³/mol. The smallest absolute Gasteiger partial charge is 0.326 e. The maximum absolute atomic E-state index is 12.5. The van der Waals surface area contributed by atoms with Crippen LogP contribution in [0.5, 0.6) is 5.75 Å². The first kappa shape index (κ1) is 20.3. The number of imide groups is 1. The molecule has 2 amide bonds. The number of esters is 1. The Morgan fingerprint density at radius 1 is 1.14 bits per heavy atom. The topological polar surface area (TPSA) is 109 Å². The molecule has 0 atom stereocenters. The summed E-state index contributed by atoms with van der Waals surface area (Å²) in [4.78, 5) is 37.0. The van der Waals surface area contributed by atoms with Gasteiger partial charge in [-0.1, -0.05) is 18.2 Å². The van der Waals surface area contributed by atoms with Gasteiger partial charge in [0.25, 0.3) is 11.1 Å². The summed E-state index contributed by atoms with van der Waals surface area (Å²) in [5, 5.41) is 17.7. The number of amides is 2. The van der Waals surface area contributed by atoms with Gasteiger partial charge in [0.2, 0.25) is 0 Å². The molecule has 0 aromatic heterocycles. The van der Waals surface area contributed by atoms with Crippen LogP contribution in [-0.4, -0.2) is 40.3 Å². The van der Waals surface area contributed by atoms with Crippen LogP contribution in [0.4, 0.5) is 16.2 Å². The Morgan fingerprint density at radius 2 is 1.86 bits per heavy atom. The van der Waals surface area contributed by atoms with Gasteiger partial charge < -0.3 is 9.84 Å². The van der Waals surface area contributed by atoms with Gasteiger partial charge in [0.05, 0.1) is 22.9 Å². The fraction of sp³-hybridized carbons (Fsp3) is 0.150. The molecular weight excluding hydrogens is 394 g/mol. The third-order valence-corrected chi connectivity index (χ3v) is 4.71. The average molecular weight is 411 g/mol. The number of phenolic OH excluding ortho intramolecular Hbond substituents is 1. The Kier molecular flexibility index (Phi) is 6.40. The highest BCUT2D eigenvalue weighted by Crippen LogP contribution is 2.35. The number of carbonyl (C=O) groups is 3. The molecule has 3 rings (SSSR count). The van der Waals surface area contributed by atoms with Crippen LogP contribution in [0.2, 0.25) is 0 Å². The highest BCUT2D eigenvalue weighted by molar-refractivity contribution is 8.18. The zero-order valence-corrected chi connectivity index (χ0v) is 16.3. The van der Waals surface area contributed by atoms with E-state index in [0.717, 1.165) is 4.90 Å². The molecule has 0 radical (unpaired) electrons. The summed E-state index contributed by atoms with van der Waals surface area (Å²) in [5.41, 5.74) is 1.43. The predicted octanol–water partition coefficient (Wildman–Crippen LogP) is 4.41. The molecule has 1 N–H and O–H groups in total. The molecule has 1 heterocycles. The molecule has 1 saturated heterocycles. The summed E-state index contributed by atoms with van der Waals surface area (Å²) >= 11 is 0.687. The third kappa shape index (κ3) is 5.08. The van der Waals surface area contributed by atoms with Gasteiger partial charge in [-0.3, -0.25) is 19.3 Å². The van der Waals surface area contributed by atoms with Crippen LogP contribution in [0.25, 0.3) is 6.08 Å². The first-order valence-corrected chi connectivity index (χ1v) is 9.50. The van der Waals surface area contributed by atoms with Gasteiger partial charge >= 0.3 is 5.97 Å². The zero-order chi connectivity index (χ0) is 20.8. The molecule has 0 saturated carbocycles. The van der Waals surface area contributed by atoms with Crippen LogP contribution in [0.3, 0.4) is 0 Å². The van der Waals surface area contributed by atoms with E-state index >= 15 is 0 Å². The van der Waals surface area contributed by atoms with Crippen molar-refractivity contribution in [2.45, 2.75) is 6.92 Å². The van der Waals surface area contributed by atoms with E-state index in [1.807, 2.05) is 18.2 Å². The minimum absolute atomic E-state index is 0.0825. The molecule has 0 unspecified atom stereocenters. The first-order chi connectivity index (χ1) is 14.0. The monoisotopic (exact) mass is 411 g/mol. The number of benzene rings is 2. The van der Waals surface area contributed by atoms with Crippen LogP contribution in [0.1, 0.15) is 12.5 Å². The van der Waals surface area contributed by atoms with E-state index in [0.29, 0.717) is 28.7 Å². The highest BCUT2D eigenvalue weighted by Gasteiger charge is 2.36. The van der Waals surface area contributed by atoms with E-state index < -0.39 is 23.7 Å². The average Bonchev–Trinajstić information content (AvgIpc) is 2.97. The summed E-state index contributed by atoms with van der Waals surface area (Å²) in [6.45, 7) is 1.34. The summed E-state index contributed by atoms with van der Waals surface area (Å²) in [7, 11) is 0. The SMILES string of the molecule is CCOC(=O)CN1C(=O)S/C(=C\c2cc(N=Nc3ccccc3)ccc2O)C1=O. The zero-order valence-electron chi connectivity index (χ0n) is 15.4. The second-order valence-corrected chi connectivity index (χ2v) is 6.84. The van der Waals surface area contributed by atoms with Crippen molar-refractivity contribution >= 4 is 46.3 Å². The van der Waals surface area contributed by atoms with E-state index in [2.05, 4.69) is 10.2 Å². The molecule has 0 bridgehead atoms. The number of rotatable bonds is 6. The molecule has 29 heavy (non-hydrogen) atoms. The normalized spacial score (nSPS) is 15.5. The number of aromatic hydroxyl groups is 1. The standard InChI is InChI=1S/C20H17N3O5S/c1-2-28-18(25)12-23-19(26)17(29-20(23)27)11-13-10-15(8-9-16(13)24)22-21-14-6-4-3-5-7-14/h3-11,24H,2,12H2,1H3/b17-11-,22-21?. The maximum atomic E-state index is 12.5. The highest BCUT2D eigenvalue weighted by atomic mass is 32.2. The lowest BCUT2D eigenvalue weighted by Crippen LogP contribution is -2.34. The molecule has 148 valence electrons. The Hall–Kier alpha value is -3.46. The number of hydrogen-bond acceptors (Lipinski definition) is 8. The molecule has 1 fully saturated rings. The van der Waals surface area contributed by atoms with Crippen molar-refractivity contribution in [1.29, 1.82) is 0 Å². The summed E-state index contributed by atoms with van der Waals surface area (Å²) in [6.07, 6.45) is 1.38. The maximum Gasteiger partial charge on any atom is 0.326 e. The van der Waals surface area contributed by atoms with Crippen LogP contribution >= 0.6 is 11.8 Å². The third-order valence-electron chi connectivity index (χ3n) is 3.80. The fourth-order valence-electron chi connectivity index (χ4n) is 2.44. The second kappa shape index (κ2) is 9.16. The van der Waals surface area contributed by atoms with Crippen molar-refractivity contribution in [2.24, 2.45) is 10.2 Å². The molecule has 1 aliphatic rings. The number of thioether (sulfide) groups is 1. The van der Waals surface area contributed by atoms with Crippen molar-refractivity contribution in [3.05, 3.63) is 59.0 Å². The first-order valence-electron chi connectivity index (χ1n) is 8.68. The van der Waals surface area contributed by atoms with Gasteiger partial charge in [0, 0.05) is 5.56 Å². The molecule has 0 aliphatic carbocycles. The van der Waals surface area contributed by atoms with E-state index in [1.54, 1.807) is 31.2 Å². The van der Waals surface area contributed by atoms with Gasteiger partial charge in [-0.15, -0.1) is 0 Å². The van der Waals surface area contributed by atoms with Crippen molar-refractivity contribution in [3.8, 4) is 5.75 Å². The van der Waals surface area contributed by atoms with Crippen LogP contribution in [-0.2, 0) is 14.3 Å². The number of hydrogen-bond donors (Lipinski definition) is 1. The lowest BCUT2D eigenvalue weighted by Gasteiger charge is -2.10. The molecule has 2 aromatic rings. The summed E-state index contributed by atoms with van der Waals surface area (Å²) < 4.78 is 4.78. The molecule has 8 nitrogen and oxygen atoms in total. The number of carbonyl (C=O) groups excluding carboxylic acids is 3. The van der Waals surface area contributed by atoms with Crippen LogP contribution < -0.4 is 0 Å². The molecule has 2 aromatic carbocycles. The lowest BCUT2D eigenvalue weighted by molar-refractivity contribution is -0.145. The van der Waals surface area contributed by atoms with Gasteiger partial charge in [0.15, 0.2) is 0 Å². The quantitative estimate of drug-likeness (QED) is 0.428. The van der Waals surface area contributed by atoms with Gasteiger partial charge in [-0.05, 0) is 55.1 Å². The van der Waals surface area contributed by atoms with Gasteiger partial charge in [-0.2, -0.15) is 10.2 Å². The number of ether oxygens (including phenoxy) is 1. The molecule has 9 heteroatoms. The van der Waals surface area contributed by atoms with E-state index in [-0.39, 0.29) is 17.3 Å². The lowest BCUT2D eigenvalue weighted by atomic mass is 10.1. The Bertz CT molecular complexity index is 1000. The van der Waals surface area contributed by atoms with E-state index in [9.17, 15) is 19.5 Å².